The third-order valence-corrected chi connectivity index (χ3v) is 4.07. The minimum atomic E-state index is 0.697. The van der Waals surface area contributed by atoms with E-state index in [0.29, 0.717) is 6.54 Å². The number of aromatic nitrogens is 2. The van der Waals surface area contributed by atoms with Gasteiger partial charge in [0.2, 0.25) is 0 Å². The number of hydrogen-bond donors (Lipinski definition) is 2. The molecule has 25 heavy (non-hydrogen) atoms. The number of rotatable bonds is 5. The van der Waals surface area contributed by atoms with Crippen LogP contribution in [-0.4, -0.2) is 22.8 Å². The Kier molecular flexibility index (Phi) is 5.46. The maximum Gasteiger partial charge on any atom is 0.191 e. The first-order chi connectivity index (χ1) is 12.3. The molecule has 5 nitrogen and oxygen atoms in total. The smallest absolute Gasteiger partial charge is 0.191 e. The lowest BCUT2D eigenvalue weighted by Crippen LogP contribution is -2.36. The van der Waals surface area contributed by atoms with E-state index in [-0.39, 0.29) is 0 Å². The second-order valence-electron chi connectivity index (χ2n) is 5.83. The Morgan fingerprint density at radius 1 is 1.04 bits per heavy atom. The molecule has 3 aromatic rings. The Hall–Kier alpha value is -3.08. The lowest BCUT2D eigenvalue weighted by atomic mass is 10.1. The first kappa shape index (κ1) is 16.8. The molecule has 0 atom stereocenters. The highest BCUT2D eigenvalue weighted by Crippen LogP contribution is 2.09. The Balaban J connectivity index is 1.58. The zero-order valence-corrected chi connectivity index (χ0v) is 14.6. The van der Waals surface area contributed by atoms with Crippen LogP contribution < -0.4 is 10.6 Å². The van der Waals surface area contributed by atoms with Gasteiger partial charge in [-0.05, 0) is 41.8 Å². The fraction of sp³-hybridized carbons (Fsp3) is 0.200. The van der Waals surface area contributed by atoms with Crippen molar-refractivity contribution in [2.24, 2.45) is 4.99 Å². The molecule has 0 aliphatic carbocycles. The average Bonchev–Trinajstić information content (AvgIpc) is 3.18. The van der Waals surface area contributed by atoms with Crippen molar-refractivity contribution in [1.82, 2.24) is 20.4 Å². The number of nitrogens with one attached hydrogen (secondary N) is 2. The van der Waals surface area contributed by atoms with Gasteiger partial charge in [-0.15, -0.1) is 0 Å². The molecule has 0 amide bonds. The molecule has 0 unspecified atom stereocenters. The van der Waals surface area contributed by atoms with Gasteiger partial charge in [-0.1, -0.05) is 36.4 Å². The first-order valence-corrected chi connectivity index (χ1v) is 8.34. The number of benzene rings is 2. The van der Waals surface area contributed by atoms with E-state index in [0.717, 1.165) is 18.2 Å². The molecule has 1 aromatic heterocycles. The summed E-state index contributed by atoms with van der Waals surface area (Å²) in [5.41, 5.74) is 4.77. The maximum atomic E-state index is 4.30. The summed E-state index contributed by atoms with van der Waals surface area (Å²) in [7, 11) is 1.79. The Morgan fingerprint density at radius 3 is 2.64 bits per heavy atom. The summed E-state index contributed by atoms with van der Waals surface area (Å²) >= 11 is 0. The number of aliphatic imine (C=N–C) groups is 1. The fourth-order valence-corrected chi connectivity index (χ4v) is 2.62. The second kappa shape index (κ2) is 8.15. The summed E-state index contributed by atoms with van der Waals surface area (Å²) in [6.45, 7) is 3.57. The summed E-state index contributed by atoms with van der Waals surface area (Å²) in [5, 5.41) is 11.0. The van der Waals surface area contributed by atoms with Crippen molar-refractivity contribution in [2.75, 3.05) is 7.05 Å². The molecule has 0 fully saturated rings. The van der Waals surface area contributed by atoms with Crippen LogP contribution >= 0.6 is 0 Å². The predicted molar refractivity (Wildman–Crippen MR) is 102 cm³/mol. The molecule has 2 N–H and O–H groups in total. The normalized spacial score (nSPS) is 11.4. The minimum Gasteiger partial charge on any atom is -0.352 e. The van der Waals surface area contributed by atoms with E-state index in [2.05, 4.69) is 64.0 Å². The molecule has 0 bridgehead atoms. The highest BCUT2D eigenvalue weighted by atomic mass is 15.3. The van der Waals surface area contributed by atoms with E-state index in [4.69, 9.17) is 0 Å². The molecule has 2 aromatic carbocycles. The van der Waals surface area contributed by atoms with Crippen molar-refractivity contribution in [3.63, 3.8) is 0 Å². The van der Waals surface area contributed by atoms with Crippen LogP contribution in [0.4, 0.5) is 0 Å². The van der Waals surface area contributed by atoms with Gasteiger partial charge in [0.05, 0.1) is 5.69 Å². The van der Waals surface area contributed by atoms with Crippen molar-refractivity contribution in [2.45, 2.75) is 20.0 Å². The van der Waals surface area contributed by atoms with E-state index >= 15 is 0 Å². The number of hydrogen-bond acceptors (Lipinski definition) is 2. The van der Waals surface area contributed by atoms with Gasteiger partial charge in [-0.2, -0.15) is 5.10 Å². The van der Waals surface area contributed by atoms with Crippen LogP contribution in [0.1, 0.15) is 16.7 Å². The third-order valence-electron chi connectivity index (χ3n) is 4.07. The van der Waals surface area contributed by atoms with Crippen molar-refractivity contribution in [1.29, 1.82) is 0 Å². The largest absolute Gasteiger partial charge is 0.352 e. The van der Waals surface area contributed by atoms with E-state index in [9.17, 15) is 0 Å². The van der Waals surface area contributed by atoms with Crippen LogP contribution in [0, 0.1) is 6.92 Å². The molecule has 0 aliphatic heterocycles. The quantitative estimate of drug-likeness (QED) is 0.557. The molecular formula is C20H23N5. The molecule has 5 heteroatoms. The molecule has 0 radical (unpaired) electrons. The van der Waals surface area contributed by atoms with Crippen molar-refractivity contribution in [3.05, 3.63) is 83.7 Å². The summed E-state index contributed by atoms with van der Waals surface area (Å²) in [4.78, 5) is 4.30. The van der Waals surface area contributed by atoms with E-state index in [1.807, 2.05) is 29.1 Å². The maximum absolute atomic E-state index is 4.30. The zero-order chi connectivity index (χ0) is 17.5. The summed E-state index contributed by atoms with van der Waals surface area (Å²) in [6, 6.07) is 18.6. The average molecular weight is 333 g/mol. The van der Waals surface area contributed by atoms with Gasteiger partial charge in [0.1, 0.15) is 0 Å². The predicted octanol–water partition coefficient (Wildman–Crippen LogP) is 3.05. The molecule has 1 heterocycles. The summed E-state index contributed by atoms with van der Waals surface area (Å²) in [6.07, 6.45) is 3.72. The lowest BCUT2D eigenvalue weighted by molar-refractivity contribution is 0.803. The number of aryl methyl sites for hydroxylation is 1. The van der Waals surface area contributed by atoms with E-state index in [1.54, 1.807) is 13.2 Å². The second-order valence-corrected chi connectivity index (χ2v) is 5.83. The number of guanidine groups is 1. The van der Waals surface area contributed by atoms with Gasteiger partial charge in [0.25, 0.3) is 0 Å². The minimum absolute atomic E-state index is 0.697. The first-order valence-electron chi connectivity index (χ1n) is 8.34. The van der Waals surface area contributed by atoms with E-state index < -0.39 is 0 Å². The lowest BCUT2D eigenvalue weighted by Gasteiger charge is -2.13. The molecule has 0 spiro atoms. The molecule has 0 aliphatic rings. The van der Waals surface area contributed by atoms with Crippen LogP contribution in [0.2, 0.25) is 0 Å². The van der Waals surface area contributed by atoms with Gasteiger partial charge in [0, 0.05) is 32.5 Å². The Morgan fingerprint density at radius 2 is 1.88 bits per heavy atom. The van der Waals surface area contributed by atoms with Crippen LogP contribution in [0.15, 0.2) is 72.0 Å². The van der Waals surface area contributed by atoms with Crippen LogP contribution in [0.3, 0.4) is 0 Å². The van der Waals surface area contributed by atoms with Crippen molar-refractivity contribution < 1.29 is 0 Å². The zero-order valence-electron chi connectivity index (χ0n) is 14.6. The van der Waals surface area contributed by atoms with Gasteiger partial charge in [0.15, 0.2) is 5.96 Å². The Bertz CT molecular complexity index is 837. The van der Waals surface area contributed by atoms with Gasteiger partial charge in [-0.3, -0.25) is 4.99 Å². The highest BCUT2D eigenvalue weighted by molar-refractivity contribution is 5.79. The van der Waals surface area contributed by atoms with Crippen LogP contribution in [0.5, 0.6) is 0 Å². The molecular weight excluding hydrogens is 310 g/mol. The van der Waals surface area contributed by atoms with Crippen molar-refractivity contribution in [3.8, 4) is 5.69 Å². The van der Waals surface area contributed by atoms with Crippen LogP contribution in [0.25, 0.3) is 5.69 Å². The molecule has 0 saturated carbocycles. The molecule has 3 rings (SSSR count). The Labute approximate surface area is 148 Å². The summed E-state index contributed by atoms with van der Waals surface area (Å²) in [5.74, 6) is 0.785. The summed E-state index contributed by atoms with van der Waals surface area (Å²) < 4.78 is 1.86. The molecule has 128 valence electrons. The third kappa shape index (κ3) is 4.47. The highest BCUT2D eigenvalue weighted by Gasteiger charge is 2.02. The monoisotopic (exact) mass is 333 g/mol. The van der Waals surface area contributed by atoms with E-state index in [1.165, 1.54) is 16.7 Å². The number of nitrogens with zero attached hydrogens (tertiary/aromatic N) is 3. The van der Waals surface area contributed by atoms with Gasteiger partial charge >= 0.3 is 0 Å². The molecule has 0 saturated heterocycles. The van der Waals surface area contributed by atoms with Gasteiger partial charge < -0.3 is 10.6 Å². The van der Waals surface area contributed by atoms with Crippen molar-refractivity contribution >= 4 is 5.96 Å². The van der Waals surface area contributed by atoms with Gasteiger partial charge in [-0.25, -0.2) is 4.68 Å². The fourth-order valence-electron chi connectivity index (χ4n) is 2.62. The standard InChI is InChI=1S/C20H23N5/c1-16-7-3-4-9-18(16)15-23-20(21-2)22-14-17-8-5-10-19(13-17)25-12-6-11-24-25/h3-13H,14-15H2,1-2H3,(H2,21,22,23). The SMILES string of the molecule is CN=C(NCc1cccc(-n2cccn2)c1)NCc1ccccc1C. The topological polar surface area (TPSA) is 54.2 Å². The van der Waals surface area contributed by atoms with Crippen LogP contribution in [-0.2, 0) is 13.1 Å².